The number of carboxylic acid groups (broad SMARTS) is 1. The molecule has 1 unspecified atom stereocenters. The van der Waals surface area contributed by atoms with Crippen molar-refractivity contribution in [1.82, 2.24) is 9.80 Å². The Labute approximate surface area is 143 Å². The molecule has 5 heteroatoms. The fourth-order valence-electron chi connectivity index (χ4n) is 3.48. The second-order valence-electron chi connectivity index (χ2n) is 7.01. The first-order chi connectivity index (χ1) is 11.6. The molecule has 2 aliphatic rings. The van der Waals surface area contributed by atoms with E-state index in [1.165, 1.54) is 5.56 Å². The molecule has 1 aromatic carbocycles. The van der Waals surface area contributed by atoms with Crippen LogP contribution in [0, 0.1) is 5.92 Å². The van der Waals surface area contributed by atoms with Gasteiger partial charge in [-0.1, -0.05) is 30.3 Å². The topological polar surface area (TPSA) is 60.9 Å². The van der Waals surface area contributed by atoms with E-state index in [4.69, 9.17) is 5.11 Å². The molecule has 1 atom stereocenters. The molecule has 1 aliphatic carbocycles. The van der Waals surface area contributed by atoms with Crippen LogP contribution in [-0.4, -0.2) is 52.0 Å². The molecule has 3 rings (SSSR count). The van der Waals surface area contributed by atoms with E-state index in [0.717, 1.165) is 25.7 Å². The summed E-state index contributed by atoms with van der Waals surface area (Å²) in [6.45, 7) is 3.79. The second-order valence-corrected chi connectivity index (χ2v) is 7.01. The van der Waals surface area contributed by atoms with Crippen LogP contribution in [-0.2, 0) is 16.1 Å². The molecule has 0 spiro atoms. The summed E-state index contributed by atoms with van der Waals surface area (Å²) < 4.78 is 0. The highest BCUT2D eigenvalue weighted by Gasteiger charge is 2.37. The number of hydrogen-bond donors (Lipinski definition) is 1. The van der Waals surface area contributed by atoms with Gasteiger partial charge in [-0.05, 0) is 51.3 Å². The third kappa shape index (κ3) is 3.96. The number of aliphatic carboxylic acids is 1. The van der Waals surface area contributed by atoms with Crippen LogP contribution in [0.1, 0.15) is 38.2 Å². The van der Waals surface area contributed by atoms with Crippen LogP contribution in [0.15, 0.2) is 30.3 Å². The standard InChI is InChI=1S/C19H26N2O3/c1-14(19(23)24)20-11-9-16(10-12-20)18(22)21(17-7-8-17)13-15-5-3-2-4-6-15/h2-6,14,16-17H,7-13H2,1H3,(H,23,24). The molecule has 0 radical (unpaired) electrons. The van der Waals surface area contributed by atoms with Crippen LogP contribution in [0.25, 0.3) is 0 Å². The molecule has 1 saturated carbocycles. The number of carbonyl (C=O) groups excluding carboxylic acids is 1. The number of likely N-dealkylation sites (tertiary alicyclic amines) is 1. The van der Waals surface area contributed by atoms with E-state index in [1.54, 1.807) is 6.92 Å². The Bertz CT molecular complexity index is 578. The zero-order chi connectivity index (χ0) is 17.1. The Hall–Kier alpha value is -1.88. The maximum absolute atomic E-state index is 13.0. The minimum absolute atomic E-state index is 0.0338. The Kier molecular flexibility index (Phi) is 5.19. The molecule has 1 aromatic rings. The third-order valence-corrected chi connectivity index (χ3v) is 5.25. The van der Waals surface area contributed by atoms with Crippen molar-refractivity contribution in [3.8, 4) is 0 Å². The lowest BCUT2D eigenvalue weighted by molar-refractivity contribution is -0.144. The van der Waals surface area contributed by atoms with E-state index in [-0.39, 0.29) is 11.8 Å². The molecule has 1 saturated heterocycles. The molecule has 0 bridgehead atoms. The van der Waals surface area contributed by atoms with Gasteiger partial charge in [0.15, 0.2) is 0 Å². The first-order valence-electron chi connectivity index (χ1n) is 8.87. The van der Waals surface area contributed by atoms with Crippen molar-refractivity contribution in [1.29, 1.82) is 0 Å². The highest BCUT2D eigenvalue weighted by atomic mass is 16.4. The smallest absolute Gasteiger partial charge is 0.320 e. The fraction of sp³-hybridized carbons (Fsp3) is 0.579. The predicted octanol–water partition coefficient (Wildman–Crippen LogP) is 2.36. The fourth-order valence-corrected chi connectivity index (χ4v) is 3.48. The molecular formula is C19H26N2O3. The SMILES string of the molecule is CC(C(=O)O)N1CCC(C(=O)N(Cc2ccccc2)C2CC2)CC1. The highest BCUT2D eigenvalue weighted by Crippen LogP contribution is 2.32. The van der Waals surface area contributed by atoms with Crippen LogP contribution in [0.4, 0.5) is 0 Å². The van der Waals surface area contributed by atoms with E-state index in [1.807, 2.05) is 23.1 Å². The van der Waals surface area contributed by atoms with Gasteiger partial charge in [0, 0.05) is 18.5 Å². The number of hydrogen-bond acceptors (Lipinski definition) is 3. The summed E-state index contributed by atoms with van der Waals surface area (Å²) in [6, 6.07) is 10.1. The molecule has 24 heavy (non-hydrogen) atoms. The molecule has 1 N–H and O–H groups in total. The van der Waals surface area contributed by atoms with Gasteiger partial charge in [-0.2, -0.15) is 0 Å². The summed E-state index contributed by atoms with van der Waals surface area (Å²) >= 11 is 0. The largest absolute Gasteiger partial charge is 0.480 e. The van der Waals surface area contributed by atoms with Crippen LogP contribution in [0.3, 0.4) is 0 Å². The van der Waals surface area contributed by atoms with Gasteiger partial charge in [-0.15, -0.1) is 0 Å². The van der Waals surface area contributed by atoms with Crippen LogP contribution >= 0.6 is 0 Å². The Morgan fingerprint density at radius 2 is 1.79 bits per heavy atom. The molecule has 1 aliphatic heterocycles. The number of amides is 1. The molecule has 5 nitrogen and oxygen atoms in total. The molecule has 2 fully saturated rings. The first-order valence-corrected chi connectivity index (χ1v) is 8.87. The zero-order valence-electron chi connectivity index (χ0n) is 14.2. The average molecular weight is 330 g/mol. The predicted molar refractivity (Wildman–Crippen MR) is 91.4 cm³/mol. The zero-order valence-corrected chi connectivity index (χ0v) is 14.2. The second kappa shape index (κ2) is 7.34. The number of nitrogens with zero attached hydrogens (tertiary/aromatic N) is 2. The lowest BCUT2D eigenvalue weighted by atomic mass is 9.94. The summed E-state index contributed by atoms with van der Waals surface area (Å²) in [4.78, 5) is 28.1. The van der Waals surface area contributed by atoms with Gasteiger partial charge >= 0.3 is 5.97 Å². The van der Waals surface area contributed by atoms with Crippen molar-refractivity contribution in [2.45, 2.75) is 51.2 Å². The van der Waals surface area contributed by atoms with E-state index in [0.29, 0.717) is 25.7 Å². The van der Waals surface area contributed by atoms with Crippen LogP contribution in [0.5, 0.6) is 0 Å². The van der Waals surface area contributed by atoms with Gasteiger partial charge in [-0.3, -0.25) is 14.5 Å². The molecule has 130 valence electrons. The normalized spacial score (nSPS) is 20.5. The van der Waals surface area contributed by atoms with Gasteiger partial charge in [0.2, 0.25) is 5.91 Å². The van der Waals surface area contributed by atoms with E-state index in [2.05, 4.69) is 17.0 Å². The Morgan fingerprint density at radius 1 is 1.17 bits per heavy atom. The number of piperidine rings is 1. The summed E-state index contributed by atoms with van der Waals surface area (Å²) in [5.41, 5.74) is 1.18. The van der Waals surface area contributed by atoms with Crippen molar-refractivity contribution < 1.29 is 14.7 Å². The van der Waals surface area contributed by atoms with Crippen LogP contribution in [0.2, 0.25) is 0 Å². The average Bonchev–Trinajstić information content (AvgIpc) is 3.44. The minimum Gasteiger partial charge on any atom is -0.480 e. The van der Waals surface area contributed by atoms with E-state index >= 15 is 0 Å². The molecule has 0 aromatic heterocycles. The lowest BCUT2D eigenvalue weighted by Gasteiger charge is -2.36. The van der Waals surface area contributed by atoms with Gasteiger partial charge in [0.05, 0.1) is 0 Å². The number of benzene rings is 1. The quantitative estimate of drug-likeness (QED) is 0.870. The van der Waals surface area contributed by atoms with Gasteiger partial charge in [0.1, 0.15) is 6.04 Å². The number of carbonyl (C=O) groups is 2. The minimum atomic E-state index is -0.788. The van der Waals surface area contributed by atoms with Crippen molar-refractivity contribution in [3.63, 3.8) is 0 Å². The first kappa shape index (κ1) is 17.0. The van der Waals surface area contributed by atoms with Gasteiger partial charge < -0.3 is 10.0 Å². The van der Waals surface area contributed by atoms with E-state index in [9.17, 15) is 9.59 Å². The number of rotatable bonds is 6. The lowest BCUT2D eigenvalue weighted by Crippen LogP contribution is -2.47. The maximum Gasteiger partial charge on any atom is 0.320 e. The Morgan fingerprint density at radius 3 is 2.33 bits per heavy atom. The third-order valence-electron chi connectivity index (χ3n) is 5.25. The summed E-state index contributed by atoms with van der Waals surface area (Å²) in [5, 5.41) is 9.13. The van der Waals surface area contributed by atoms with Crippen molar-refractivity contribution in [2.75, 3.05) is 13.1 Å². The number of carboxylic acids is 1. The summed E-state index contributed by atoms with van der Waals surface area (Å²) in [7, 11) is 0. The van der Waals surface area contributed by atoms with Gasteiger partial charge in [0.25, 0.3) is 0 Å². The highest BCUT2D eigenvalue weighted by molar-refractivity contribution is 5.79. The summed E-state index contributed by atoms with van der Waals surface area (Å²) in [6.07, 6.45) is 3.73. The van der Waals surface area contributed by atoms with E-state index < -0.39 is 12.0 Å². The monoisotopic (exact) mass is 330 g/mol. The summed E-state index contributed by atoms with van der Waals surface area (Å²) in [5.74, 6) is -0.501. The van der Waals surface area contributed by atoms with Crippen molar-refractivity contribution in [3.05, 3.63) is 35.9 Å². The maximum atomic E-state index is 13.0. The molecule has 1 amide bonds. The van der Waals surface area contributed by atoms with Gasteiger partial charge in [-0.25, -0.2) is 0 Å². The Balaban J connectivity index is 1.59. The van der Waals surface area contributed by atoms with Crippen LogP contribution < -0.4 is 0 Å². The molecular weight excluding hydrogens is 304 g/mol. The van der Waals surface area contributed by atoms with Crippen molar-refractivity contribution >= 4 is 11.9 Å². The van der Waals surface area contributed by atoms with Crippen molar-refractivity contribution in [2.24, 2.45) is 5.92 Å². The molecule has 1 heterocycles.